The molecule has 0 unspecified atom stereocenters. The first-order valence-electron chi connectivity index (χ1n) is 5.88. The van der Waals surface area contributed by atoms with E-state index >= 15 is 0 Å². The summed E-state index contributed by atoms with van der Waals surface area (Å²) in [6.45, 7) is 6.56. The Morgan fingerprint density at radius 3 is 2.19 bits per heavy atom. The molecular weight excluding hydrogens is 192 g/mol. The Bertz CT molecular complexity index is 495. The van der Waals surface area contributed by atoms with E-state index in [0.717, 1.165) is 6.42 Å². The molecule has 82 valence electrons. The zero-order chi connectivity index (χ0) is 11.5. The Morgan fingerprint density at radius 2 is 1.50 bits per heavy atom. The van der Waals surface area contributed by atoms with E-state index in [0.29, 0.717) is 0 Å². The highest BCUT2D eigenvalue weighted by Gasteiger charge is 2.04. The van der Waals surface area contributed by atoms with Crippen LogP contribution in [0.4, 0.5) is 0 Å². The van der Waals surface area contributed by atoms with Crippen molar-refractivity contribution in [2.24, 2.45) is 0 Å². The molecule has 0 aliphatic rings. The zero-order valence-electron chi connectivity index (χ0n) is 10.2. The number of benzene rings is 2. The maximum Gasteiger partial charge on any atom is -0.0149 e. The molecular formula is C16H18. The van der Waals surface area contributed by atoms with E-state index in [2.05, 4.69) is 63.2 Å². The summed E-state index contributed by atoms with van der Waals surface area (Å²) in [6, 6.07) is 15.3. The second-order valence-electron chi connectivity index (χ2n) is 4.32. The fraction of sp³-hybridized carbons (Fsp3) is 0.250. The van der Waals surface area contributed by atoms with Gasteiger partial charge in [-0.1, -0.05) is 49.4 Å². The normalized spacial score (nSPS) is 10.4. The molecule has 0 saturated heterocycles. The molecule has 0 aromatic heterocycles. The Morgan fingerprint density at radius 1 is 0.812 bits per heavy atom. The van der Waals surface area contributed by atoms with E-state index in [9.17, 15) is 0 Å². The third kappa shape index (κ3) is 2.01. The van der Waals surface area contributed by atoms with Crippen molar-refractivity contribution in [3.05, 3.63) is 59.2 Å². The molecule has 2 aromatic carbocycles. The molecule has 0 radical (unpaired) electrons. The molecule has 0 heteroatoms. The molecule has 2 rings (SSSR count). The van der Waals surface area contributed by atoms with Gasteiger partial charge in [0.05, 0.1) is 0 Å². The molecule has 2 aromatic rings. The molecule has 0 heterocycles. The molecule has 0 saturated carbocycles. The summed E-state index contributed by atoms with van der Waals surface area (Å²) >= 11 is 0. The van der Waals surface area contributed by atoms with Crippen molar-refractivity contribution in [1.82, 2.24) is 0 Å². The van der Waals surface area contributed by atoms with Crippen LogP contribution < -0.4 is 0 Å². The van der Waals surface area contributed by atoms with Crippen molar-refractivity contribution in [3.8, 4) is 11.1 Å². The summed E-state index contributed by atoms with van der Waals surface area (Å²) < 4.78 is 0. The van der Waals surface area contributed by atoms with Crippen molar-refractivity contribution in [1.29, 1.82) is 0 Å². The lowest BCUT2D eigenvalue weighted by Crippen LogP contribution is -1.89. The minimum absolute atomic E-state index is 1.10. The van der Waals surface area contributed by atoms with E-state index in [1.807, 2.05) is 0 Å². The summed E-state index contributed by atoms with van der Waals surface area (Å²) in [6.07, 6.45) is 1.10. The van der Waals surface area contributed by atoms with Gasteiger partial charge in [-0.05, 0) is 48.1 Å². The minimum atomic E-state index is 1.10. The van der Waals surface area contributed by atoms with Crippen LogP contribution in [0.25, 0.3) is 11.1 Å². The van der Waals surface area contributed by atoms with Crippen LogP contribution in [-0.4, -0.2) is 0 Å². The quantitative estimate of drug-likeness (QED) is 0.683. The van der Waals surface area contributed by atoms with Gasteiger partial charge in [0.15, 0.2) is 0 Å². The highest BCUT2D eigenvalue weighted by Crippen LogP contribution is 2.27. The van der Waals surface area contributed by atoms with Crippen LogP contribution in [0.1, 0.15) is 23.6 Å². The average Bonchev–Trinajstić information content (AvgIpc) is 2.31. The van der Waals surface area contributed by atoms with Gasteiger partial charge < -0.3 is 0 Å². The lowest BCUT2D eigenvalue weighted by atomic mass is 9.94. The van der Waals surface area contributed by atoms with E-state index in [1.54, 1.807) is 0 Å². The van der Waals surface area contributed by atoms with Crippen LogP contribution >= 0.6 is 0 Å². The van der Waals surface area contributed by atoms with Crippen molar-refractivity contribution < 1.29 is 0 Å². The van der Waals surface area contributed by atoms with Crippen LogP contribution in [0.5, 0.6) is 0 Å². The standard InChI is InChI=1S/C16H18/c1-4-14-10-9-13(3)16(11-14)15-8-6-5-7-12(15)2/h5-11H,4H2,1-3H3. The fourth-order valence-electron chi connectivity index (χ4n) is 2.05. The summed E-state index contributed by atoms with van der Waals surface area (Å²) in [4.78, 5) is 0. The van der Waals surface area contributed by atoms with Crippen LogP contribution in [0.2, 0.25) is 0 Å². The lowest BCUT2D eigenvalue weighted by molar-refractivity contribution is 1.14. The summed E-state index contributed by atoms with van der Waals surface area (Å²) in [5.41, 5.74) is 6.84. The molecule has 16 heavy (non-hydrogen) atoms. The lowest BCUT2D eigenvalue weighted by Gasteiger charge is -2.10. The SMILES string of the molecule is CCc1ccc(C)c(-c2ccccc2C)c1. The minimum Gasteiger partial charge on any atom is -0.0620 e. The van der Waals surface area contributed by atoms with E-state index < -0.39 is 0 Å². The Labute approximate surface area is 97.9 Å². The van der Waals surface area contributed by atoms with E-state index in [4.69, 9.17) is 0 Å². The third-order valence-corrected chi connectivity index (χ3v) is 3.15. The van der Waals surface area contributed by atoms with Crippen LogP contribution in [0, 0.1) is 13.8 Å². The molecule has 0 aliphatic heterocycles. The predicted molar refractivity (Wildman–Crippen MR) is 70.7 cm³/mol. The molecule has 0 amide bonds. The maximum absolute atomic E-state index is 2.32. The van der Waals surface area contributed by atoms with Gasteiger partial charge in [0.2, 0.25) is 0 Å². The van der Waals surface area contributed by atoms with Gasteiger partial charge >= 0.3 is 0 Å². The average molecular weight is 210 g/mol. The van der Waals surface area contributed by atoms with Crippen molar-refractivity contribution in [2.45, 2.75) is 27.2 Å². The molecule has 0 atom stereocenters. The first kappa shape index (κ1) is 10.9. The van der Waals surface area contributed by atoms with Gasteiger partial charge in [0.25, 0.3) is 0 Å². The number of aryl methyl sites for hydroxylation is 3. The molecule has 0 aliphatic carbocycles. The first-order chi connectivity index (χ1) is 7.72. The largest absolute Gasteiger partial charge is 0.0620 e. The second-order valence-corrected chi connectivity index (χ2v) is 4.32. The fourth-order valence-corrected chi connectivity index (χ4v) is 2.05. The van der Waals surface area contributed by atoms with Crippen molar-refractivity contribution in [3.63, 3.8) is 0 Å². The van der Waals surface area contributed by atoms with Gasteiger partial charge in [0, 0.05) is 0 Å². The Kier molecular flexibility index (Phi) is 3.09. The topological polar surface area (TPSA) is 0 Å². The number of hydrogen-bond donors (Lipinski definition) is 0. The third-order valence-electron chi connectivity index (χ3n) is 3.15. The van der Waals surface area contributed by atoms with Gasteiger partial charge in [-0.3, -0.25) is 0 Å². The van der Waals surface area contributed by atoms with E-state index in [1.165, 1.54) is 27.8 Å². The predicted octanol–water partition coefficient (Wildman–Crippen LogP) is 4.53. The van der Waals surface area contributed by atoms with E-state index in [-0.39, 0.29) is 0 Å². The smallest absolute Gasteiger partial charge is 0.0149 e. The number of rotatable bonds is 2. The maximum atomic E-state index is 2.32. The molecule has 0 nitrogen and oxygen atoms in total. The molecule has 0 N–H and O–H groups in total. The highest BCUT2D eigenvalue weighted by molar-refractivity contribution is 5.70. The van der Waals surface area contributed by atoms with Crippen LogP contribution in [-0.2, 0) is 6.42 Å². The zero-order valence-corrected chi connectivity index (χ0v) is 10.2. The van der Waals surface area contributed by atoms with Gasteiger partial charge in [-0.25, -0.2) is 0 Å². The second kappa shape index (κ2) is 4.52. The van der Waals surface area contributed by atoms with Gasteiger partial charge in [0.1, 0.15) is 0 Å². The Balaban J connectivity index is 2.59. The van der Waals surface area contributed by atoms with Crippen molar-refractivity contribution in [2.75, 3.05) is 0 Å². The van der Waals surface area contributed by atoms with Crippen LogP contribution in [0.15, 0.2) is 42.5 Å². The van der Waals surface area contributed by atoms with Crippen molar-refractivity contribution >= 4 is 0 Å². The summed E-state index contributed by atoms with van der Waals surface area (Å²) in [7, 11) is 0. The molecule has 0 bridgehead atoms. The van der Waals surface area contributed by atoms with Crippen LogP contribution in [0.3, 0.4) is 0 Å². The molecule has 0 fully saturated rings. The Hall–Kier alpha value is -1.56. The van der Waals surface area contributed by atoms with Gasteiger partial charge in [-0.15, -0.1) is 0 Å². The monoisotopic (exact) mass is 210 g/mol. The molecule has 0 spiro atoms. The first-order valence-corrected chi connectivity index (χ1v) is 5.88. The highest BCUT2D eigenvalue weighted by atomic mass is 14.1. The summed E-state index contributed by atoms with van der Waals surface area (Å²) in [5, 5.41) is 0. The van der Waals surface area contributed by atoms with Gasteiger partial charge in [-0.2, -0.15) is 0 Å². The number of hydrogen-bond acceptors (Lipinski definition) is 0. The summed E-state index contributed by atoms with van der Waals surface area (Å²) in [5.74, 6) is 0.